The molecular weight excluding hydrogens is 298 g/mol. The fraction of sp³-hybridized carbons (Fsp3) is 0.375. The normalized spacial score (nSPS) is 17.4. The molecule has 2 aromatic rings. The summed E-state index contributed by atoms with van der Waals surface area (Å²) in [7, 11) is 0. The van der Waals surface area contributed by atoms with Crippen LogP contribution in [0.1, 0.15) is 28.9 Å². The predicted molar refractivity (Wildman–Crippen MR) is 87.9 cm³/mol. The Morgan fingerprint density at radius 3 is 2.95 bits per heavy atom. The van der Waals surface area contributed by atoms with Gasteiger partial charge in [-0.1, -0.05) is 17.7 Å². The lowest BCUT2D eigenvalue weighted by atomic mass is 10.2. The second-order valence-electron chi connectivity index (χ2n) is 5.37. The quantitative estimate of drug-likeness (QED) is 0.889. The number of amides is 1. The maximum Gasteiger partial charge on any atom is 0.270 e. The highest BCUT2D eigenvalue weighted by atomic mass is 32.1. The lowest BCUT2D eigenvalue weighted by Crippen LogP contribution is -2.31. The highest BCUT2D eigenvalue weighted by Gasteiger charge is 2.17. The van der Waals surface area contributed by atoms with Crippen LogP contribution >= 0.6 is 11.3 Å². The number of ether oxygens (including phenoxy) is 1. The Bertz CT molecular complexity index is 633. The van der Waals surface area contributed by atoms with E-state index in [4.69, 9.17) is 4.74 Å². The molecule has 1 saturated heterocycles. The van der Waals surface area contributed by atoms with Gasteiger partial charge in [0.1, 0.15) is 5.69 Å². The fourth-order valence-corrected chi connectivity index (χ4v) is 3.01. The zero-order chi connectivity index (χ0) is 15.4. The number of aryl methyl sites for hydroxylation is 1. The number of carbonyl (C=O) groups excluding carboxylic acids is 1. The Labute approximate surface area is 133 Å². The number of nitrogens with one attached hydrogen (secondary N) is 2. The molecule has 1 aromatic heterocycles. The molecule has 1 amide bonds. The van der Waals surface area contributed by atoms with Gasteiger partial charge in [-0.15, -0.1) is 11.3 Å². The summed E-state index contributed by atoms with van der Waals surface area (Å²) in [5.74, 6) is -0.149. The lowest BCUT2D eigenvalue weighted by molar-refractivity contribution is 0.0854. The third-order valence-electron chi connectivity index (χ3n) is 3.55. The molecular formula is C16H19N3O2S. The SMILES string of the molecule is Cc1ccc(Nc2nc(C(=O)NC[C@@H]3CCCO3)cs2)cc1. The van der Waals surface area contributed by atoms with Crippen molar-refractivity contribution in [1.82, 2.24) is 10.3 Å². The standard InChI is InChI=1S/C16H19N3O2S/c1-11-4-6-12(7-5-11)18-16-19-14(10-22-16)15(20)17-9-13-3-2-8-21-13/h4-7,10,13H,2-3,8-9H2,1H3,(H,17,20)(H,18,19)/t13-/m0/s1. The van der Waals surface area contributed by atoms with Crippen molar-refractivity contribution in [2.24, 2.45) is 0 Å². The van der Waals surface area contributed by atoms with Gasteiger partial charge < -0.3 is 15.4 Å². The van der Waals surface area contributed by atoms with Crippen LogP contribution in [0.2, 0.25) is 0 Å². The predicted octanol–water partition coefficient (Wildman–Crippen LogP) is 3.10. The largest absolute Gasteiger partial charge is 0.376 e. The first-order valence-electron chi connectivity index (χ1n) is 7.40. The van der Waals surface area contributed by atoms with Crippen molar-refractivity contribution in [3.8, 4) is 0 Å². The van der Waals surface area contributed by atoms with Gasteiger partial charge in [0, 0.05) is 24.2 Å². The van der Waals surface area contributed by atoms with Gasteiger partial charge in [-0.25, -0.2) is 4.98 Å². The minimum absolute atomic E-state index is 0.146. The van der Waals surface area contributed by atoms with E-state index < -0.39 is 0 Å². The Morgan fingerprint density at radius 2 is 2.23 bits per heavy atom. The van der Waals surface area contributed by atoms with Gasteiger partial charge in [0.05, 0.1) is 6.10 Å². The van der Waals surface area contributed by atoms with Crippen molar-refractivity contribution >= 4 is 28.1 Å². The topological polar surface area (TPSA) is 63.2 Å². The fourth-order valence-electron chi connectivity index (χ4n) is 2.30. The van der Waals surface area contributed by atoms with Crippen molar-refractivity contribution in [2.75, 3.05) is 18.5 Å². The monoisotopic (exact) mass is 317 g/mol. The van der Waals surface area contributed by atoms with Crippen LogP contribution in [-0.2, 0) is 4.74 Å². The zero-order valence-corrected chi connectivity index (χ0v) is 13.3. The average Bonchev–Trinajstić information content (AvgIpc) is 3.19. The number of rotatable bonds is 5. The molecule has 1 aliphatic heterocycles. The van der Waals surface area contributed by atoms with Gasteiger partial charge >= 0.3 is 0 Å². The van der Waals surface area contributed by atoms with E-state index in [0.717, 1.165) is 25.1 Å². The minimum Gasteiger partial charge on any atom is -0.376 e. The molecule has 0 radical (unpaired) electrons. The molecule has 0 unspecified atom stereocenters. The first-order chi connectivity index (χ1) is 10.7. The summed E-state index contributed by atoms with van der Waals surface area (Å²) in [4.78, 5) is 16.4. The molecule has 1 aromatic carbocycles. The Kier molecular flexibility index (Phi) is 4.70. The number of benzene rings is 1. The summed E-state index contributed by atoms with van der Waals surface area (Å²) in [5.41, 5.74) is 2.61. The zero-order valence-electron chi connectivity index (χ0n) is 12.5. The summed E-state index contributed by atoms with van der Waals surface area (Å²) in [6.45, 7) is 3.39. The number of thiazole rings is 1. The molecule has 1 aliphatic rings. The molecule has 2 heterocycles. The van der Waals surface area contributed by atoms with Crippen LogP contribution in [-0.4, -0.2) is 30.1 Å². The van der Waals surface area contributed by atoms with E-state index >= 15 is 0 Å². The van der Waals surface area contributed by atoms with E-state index in [1.165, 1.54) is 16.9 Å². The lowest BCUT2D eigenvalue weighted by Gasteiger charge is -2.09. The molecule has 1 fully saturated rings. The van der Waals surface area contributed by atoms with Gasteiger partial charge in [0.15, 0.2) is 5.13 Å². The molecule has 3 rings (SSSR count). The van der Waals surface area contributed by atoms with E-state index in [2.05, 4.69) is 15.6 Å². The van der Waals surface area contributed by atoms with E-state index in [-0.39, 0.29) is 12.0 Å². The van der Waals surface area contributed by atoms with Gasteiger partial charge in [-0.2, -0.15) is 0 Å². The van der Waals surface area contributed by atoms with Crippen molar-refractivity contribution in [2.45, 2.75) is 25.9 Å². The van der Waals surface area contributed by atoms with Crippen LogP contribution in [0.3, 0.4) is 0 Å². The van der Waals surface area contributed by atoms with Crippen LogP contribution in [0.5, 0.6) is 0 Å². The third kappa shape index (κ3) is 3.84. The highest BCUT2D eigenvalue weighted by Crippen LogP contribution is 2.21. The third-order valence-corrected chi connectivity index (χ3v) is 4.31. The molecule has 0 spiro atoms. The highest BCUT2D eigenvalue weighted by molar-refractivity contribution is 7.14. The molecule has 116 valence electrons. The molecule has 5 nitrogen and oxygen atoms in total. The average molecular weight is 317 g/mol. The van der Waals surface area contributed by atoms with Crippen molar-refractivity contribution < 1.29 is 9.53 Å². The molecule has 6 heteroatoms. The smallest absolute Gasteiger partial charge is 0.270 e. The van der Waals surface area contributed by atoms with Crippen LogP contribution in [0, 0.1) is 6.92 Å². The van der Waals surface area contributed by atoms with E-state index in [1.807, 2.05) is 31.2 Å². The van der Waals surface area contributed by atoms with Crippen molar-refractivity contribution in [1.29, 1.82) is 0 Å². The summed E-state index contributed by atoms with van der Waals surface area (Å²) in [6, 6.07) is 8.05. The maximum absolute atomic E-state index is 12.1. The number of hydrogen-bond acceptors (Lipinski definition) is 5. The minimum atomic E-state index is -0.149. The van der Waals surface area contributed by atoms with E-state index in [9.17, 15) is 4.79 Å². The van der Waals surface area contributed by atoms with Gasteiger partial charge in [0.2, 0.25) is 0 Å². The molecule has 2 N–H and O–H groups in total. The molecule has 22 heavy (non-hydrogen) atoms. The van der Waals surface area contributed by atoms with Crippen LogP contribution < -0.4 is 10.6 Å². The number of nitrogens with zero attached hydrogens (tertiary/aromatic N) is 1. The number of anilines is 2. The van der Waals surface area contributed by atoms with Crippen molar-refractivity contribution in [3.05, 3.63) is 40.9 Å². The molecule has 0 saturated carbocycles. The van der Waals surface area contributed by atoms with Gasteiger partial charge in [-0.3, -0.25) is 4.79 Å². The van der Waals surface area contributed by atoms with E-state index in [0.29, 0.717) is 17.4 Å². The summed E-state index contributed by atoms with van der Waals surface area (Å²) < 4.78 is 5.49. The van der Waals surface area contributed by atoms with Gasteiger partial charge in [-0.05, 0) is 31.9 Å². The second kappa shape index (κ2) is 6.89. The summed E-state index contributed by atoms with van der Waals surface area (Å²) in [6.07, 6.45) is 2.23. The van der Waals surface area contributed by atoms with Crippen LogP contribution in [0.4, 0.5) is 10.8 Å². The first kappa shape index (κ1) is 15.0. The Morgan fingerprint density at radius 1 is 1.41 bits per heavy atom. The Balaban J connectivity index is 1.55. The van der Waals surface area contributed by atoms with Crippen LogP contribution in [0.25, 0.3) is 0 Å². The number of carbonyl (C=O) groups is 1. The first-order valence-corrected chi connectivity index (χ1v) is 8.28. The second-order valence-corrected chi connectivity index (χ2v) is 6.23. The van der Waals surface area contributed by atoms with Gasteiger partial charge in [0.25, 0.3) is 5.91 Å². The van der Waals surface area contributed by atoms with Crippen LogP contribution in [0.15, 0.2) is 29.6 Å². The summed E-state index contributed by atoms with van der Waals surface area (Å²) >= 11 is 1.42. The number of aromatic nitrogens is 1. The molecule has 0 aliphatic carbocycles. The molecule has 0 bridgehead atoms. The molecule has 1 atom stereocenters. The van der Waals surface area contributed by atoms with Crippen molar-refractivity contribution in [3.63, 3.8) is 0 Å². The summed E-state index contributed by atoms with van der Waals surface area (Å²) in [5, 5.41) is 8.56. The maximum atomic E-state index is 12.1. The Hall–Kier alpha value is -1.92. The van der Waals surface area contributed by atoms with E-state index in [1.54, 1.807) is 5.38 Å². The number of hydrogen-bond donors (Lipinski definition) is 2.